The zero-order valence-corrected chi connectivity index (χ0v) is 11.1. The normalized spacial score (nSPS) is 10.3. The van der Waals surface area contributed by atoms with Gasteiger partial charge in [0.2, 0.25) is 0 Å². The van der Waals surface area contributed by atoms with E-state index < -0.39 is 5.97 Å². The van der Waals surface area contributed by atoms with Gasteiger partial charge in [-0.05, 0) is 31.5 Å². The van der Waals surface area contributed by atoms with Crippen LogP contribution in [0.4, 0.5) is 0 Å². The molecular weight excluding hydrogens is 242 g/mol. The van der Waals surface area contributed by atoms with Gasteiger partial charge in [-0.3, -0.25) is 4.98 Å². The van der Waals surface area contributed by atoms with Crippen LogP contribution in [0.2, 0.25) is 0 Å². The summed E-state index contributed by atoms with van der Waals surface area (Å²) in [5.41, 5.74) is 3.85. The summed E-state index contributed by atoms with van der Waals surface area (Å²) in [6.45, 7) is 3.96. The molecule has 4 heteroatoms. The topological polar surface area (TPSA) is 59.4 Å². The molecule has 0 bridgehead atoms. The molecule has 2 aromatic rings. The molecule has 0 spiro atoms. The molecule has 0 aliphatic carbocycles. The third-order valence-corrected chi connectivity index (χ3v) is 2.99. The highest BCUT2D eigenvalue weighted by Gasteiger charge is 2.14. The van der Waals surface area contributed by atoms with E-state index in [1.807, 2.05) is 32.0 Å². The van der Waals surface area contributed by atoms with Crippen LogP contribution in [0.25, 0.3) is 11.3 Å². The second-order valence-electron chi connectivity index (χ2n) is 4.39. The molecule has 1 heterocycles. The van der Waals surface area contributed by atoms with Crippen LogP contribution in [0.5, 0.6) is 5.75 Å². The number of aromatic nitrogens is 1. The standard InChI is InChI=1S/C15H15NO3/c1-9-4-5-10(2)11(6-9)13-7-12(15(17)18)14(19-3)8-16-13/h4-8H,1-3H3,(H,17,18). The molecule has 0 aliphatic heterocycles. The number of hydrogen-bond donors (Lipinski definition) is 1. The van der Waals surface area contributed by atoms with Gasteiger partial charge in [0.1, 0.15) is 5.56 Å². The monoisotopic (exact) mass is 257 g/mol. The van der Waals surface area contributed by atoms with Gasteiger partial charge in [-0.15, -0.1) is 0 Å². The lowest BCUT2D eigenvalue weighted by molar-refractivity contribution is 0.0693. The molecule has 2 rings (SSSR count). The number of carboxylic acid groups (broad SMARTS) is 1. The number of hydrogen-bond acceptors (Lipinski definition) is 3. The number of carbonyl (C=O) groups is 1. The Bertz CT molecular complexity index is 635. The lowest BCUT2D eigenvalue weighted by Gasteiger charge is -2.09. The average Bonchev–Trinajstić information content (AvgIpc) is 2.40. The van der Waals surface area contributed by atoms with Crippen molar-refractivity contribution in [1.82, 2.24) is 4.98 Å². The third-order valence-electron chi connectivity index (χ3n) is 2.99. The summed E-state index contributed by atoms with van der Waals surface area (Å²) in [7, 11) is 1.43. The van der Waals surface area contributed by atoms with E-state index in [1.165, 1.54) is 13.3 Å². The van der Waals surface area contributed by atoms with Gasteiger partial charge < -0.3 is 9.84 Å². The van der Waals surface area contributed by atoms with Crippen molar-refractivity contribution in [2.45, 2.75) is 13.8 Å². The summed E-state index contributed by atoms with van der Waals surface area (Å²) in [5.74, 6) is -0.757. The Morgan fingerprint density at radius 1 is 1.26 bits per heavy atom. The van der Waals surface area contributed by atoms with Crippen LogP contribution in [0.15, 0.2) is 30.5 Å². The first kappa shape index (κ1) is 13.1. The first-order valence-electron chi connectivity index (χ1n) is 5.88. The van der Waals surface area contributed by atoms with E-state index in [0.29, 0.717) is 5.69 Å². The molecule has 1 aromatic heterocycles. The molecule has 0 radical (unpaired) electrons. The quantitative estimate of drug-likeness (QED) is 0.918. The van der Waals surface area contributed by atoms with E-state index in [2.05, 4.69) is 4.98 Å². The number of nitrogens with zero attached hydrogens (tertiary/aromatic N) is 1. The minimum Gasteiger partial charge on any atom is -0.494 e. The van der Waals surface area contributed by atoms with Crippen molar-refractivity contribution in [3.8, 4) is 17.0 Å². The Morgan fingerprint density at radius 2 is 2.00 bits per heavy atom. The van der Waals surface area contributed by atoms with E-state index in [-0.39, 0.29) is 11.3 Å². The Hall–Kier alpha value is -2.36. The second-order valence-corrected chi connectivity index (χ2v) is 4.39. The highest BCUT2D eigenvalue weighted by atomic mass is 16.5. The van der Waals surface area contributed by atoms with Crippen molar-refractivity contribution in [3.63, 3.8) is 0 Å². The van der Waals surface area contributed by atoms with Crippen molar-refractivity contribution in [2.75, 3.05) is 7.11 Å². The van der Waals surface area contributed by atoms with Crippen LogP contribution in [0.3, 0.4) is 0 Å². The van der Waals surface area contributed by atoms with Gasteiger partial charge in [0.25, 0.3) is 0 Å². The number of pyridine rings is 1. The Balaban J connectivity index is 2.60. The van der Waals surface area contributed by atoms with Gasteiger partial charge in [0, 0.05) is 5.56 Å². The highest BCUT2D eigenvalue weighted by molar-refractivity contribution is 5.92. The number of methoxy groups -OCH3 is 1. The lowest BCUT2D eigenvalue weighted by Crippen LogP contribution is -2.02. The van der Waals surface area contributed by atoms with Crippen LogP contribution >= 0.6 is 0 Å². The number of aromatic carboxylic acids is 1. The fourth-order valence-corrected chi connectivity index (χ4v) is 1.93. The second kappa shape index (κ2) is 5.10. The molecular formula is C15H15NO3. The molecule has 4 nitrogen and oxygen atoms in total. The van der Waals surface area contributed by atoms with Crippen LogP contribution in [-0.4, -0.2) is 23.2 Å². The molecule has 0 saturated heterocycles. The van der Waals surface area contributed by atoms with Crippen molar-refractivity contribution in [2.24, 2.45) is 0 Å². The lowest BCUT2D eigenvalue weighted by atomic mass is 10.0. The van der Waals surface area contributed by atoms with E-state index >= 15 is 0 Å². The van der Waals surface area contributed by atoms with E-state index in [9.17, 15) is 9.90 Å². The first-order chi connectivity index (χ1) is 9.02. The van der Waals surface area contributed by atoms with Crippen LogP contribution < -0.4 is 4.74 Å². The molecule has 0 unspecified atom stereocenters. The number of rotatable bonds is 3. The van der Waals surface area contributed by atoms with Gasteiger partial charge in [0.15, 0.2) is 5.75 Å². The summed E-state index contributed by atoms with van der Waals surface area (Å²) in [5, 5.41) is 9.18. The summed E-state index contributed by atoms with van der Waals surface area (Å²) in [6, 6.07) is 7.55. The van der Waals surface area contributed by atoms with E-state index in [4.69, 9.17) is 4.74 Å². The molecule has 19 heavy (non-hydrogen) atoms. The fourth-order valence-electron chi connectivity index (χ4n) is 1.93. The van der Waals surface area contributed by atoms with Crippen molar-refractivity contribution in [1.29, 1.82) is 0 Å². The largest absolute Gasteiger partial charge is 0.494 e. The summed E-state index contributed by atoms with van der Waals surface area (Å²) in [6.07, 6.45) is 1.44. The molecule has 0 amide bonds. The minimum atomic E-state index is -1.02. The van der Waals surface area contributed by atoms with Crippen molar-refractivity contribution in [3.05, 3.63) is 47.2 Å². The smallest absolute Gasteiger partial charge is 0.339 e. The summed E-state index contributed by atoms with van der Waals surface area (Å²) in [4.78, 5) is 15.5. The number of aryl methyl sites for hydroxylation is 2. The Kier molecular flexibility index (Phi) is 3.51. The van der Waals surface area contributed by atoms with Gasteiger partial charge in [0.05, 0.1) is 19.0 Å². The predicted octanol–water partition coefficient (Wildman–Crippen LogP) is 3.07. The van der Waals surface area contributed by atoms with Crippen molar-refractivity contribution >= 4 is 5.97 Å². The number of ether oxygens (including phenoxy) is 1. The molecule has 0 fully saturated rings. The zero-order valence-electron chi connectivity index (χ0n) is 11.1. The fraction of sp³-hybridized carbons (Fsp3) is 0.200. The first-order valence-corrected chi connectivity index (χ1v) is 5.88. The minimum absolute atomic E-state index is 0.119. The van der Waals surface area contributed by atoms with Gasteiger partial charge in [-0.25, -0.2) is 4.79 Å². The van der Waals surface area contributed by atoms with Crippen LogP contribution in [0, 0.1) is 13.8 Å². The van der Waals surface area contributed by atoms with E-state index in [0.717, 1.165) is 16.7 Å². The number of carboxylic acids is 1. The Labute approximate surface area is 111 Å². The molecule has 0 aliphatic rings. The van der Waals surface area contributed by atoms with Gasteiger partial charge in [-0.1, -0.05) is 17.7 Å². The maximum atomic E-state index is 11.2. The summed E-state index contributed by atoms with van der Waals surface area (Å²) >= 11 is 0. The average molecular weight is 257 g/mol. The maximum absolute atomic E-state index is 11.2. The third kappa shape index (κ3) is 2.57. The predicted molar refractivity (Wildman–Crippen MR) is 72.7 cm³/mol. The molecule has 98 valence electrons. The summed E-state index contributed by atoms with van der Waals surface area (Å²) < 4.78 is 5.01. The molecule has 1 aromatic carbocycles. The number of benzene rings is 1. The maximum Gasteiger partial charge on any atom is 0.339 e. The SMILES string of the molecule is COc1cnc(-c2cc(C)ccc2C)cc1C(=O)O. The molecule has 0 saturated carbocycles. The molecule has 0 atom stereocenters. The van der Waals surface area contributed by atoms with Crippen LogP contribution in [-0.2, 0) is 0 Å². The van der Waals surface area contributed by atoms with Crippen molar-refractivity contribution < 1.29 is 14.6 Å². The van der Waals surface area contributed by atoms with Gasteiger partial charge >= 0.3 is 5.97 Å². The van der Waals surface area contributed by atoms with E-state index in [1.54, 1.807) is 6.07 Å². The highest BCUT2D eigenvalue weighted by Crippen LogP contribution is 2.27. The zero-order chi connectivity index (χ0) is 14.0. The van der Waals surface area contributed by atoms with Crippen LogP contribution in [0.1, 0.15) is 21.5 Å². The Morgan fingerprint density at radius 3 is 2.63 bits per heavy atom. The molecule has 1 N–H and O–H groups in total. The van der Waals surface area contributed by atoms with Gasteiger partial charge in [-0.2, -0.15) is 0 Å².